The molecule has 3 aromatic rings. The van der Waals surface area contributed by atoms with Crippen LogP contribution in [0.5, 0.6) is 5.75 Å². The van der Waals surface area contributed by atoms with Crippen LogP contribution in [-0.4, -0.2) is 38.9 Å². The molecule has 2 heterocycles. The summed E-state index contributed by atoms with van der Waals surface area (Å²) in [5.74, 6) is 1.17. The van der Waals surface area contributed by atoms with Gasteiger partial charge in [-0.15, -0.1) is 5.10 Å². The van der Waals surface area contributed by atoms with Gasteiger partial charge in [-0.3, -0.25) is 4.79 Å². The standard InChI is InChI=1S/C19H23N5O2S/c1-11-6-8-16(26-4)15(10-11)21-17(25)9-7-14-12(2)20-18-22-19(27-5)23-24(18)13(14)3/h6,8,10H,7,9H2,1-5H3,(H,21,25). The lowest BCUT2D eigenvalue weighted by Crippen LogP contribution is -2.15. The van der Waals surface area contributed by atoms with Gasteiger partial charge in [-0.25, -0.2) is 9.50 Å². The van der Waals surface area contributed by atoms with E-state index in [1.165, 1.54) is 11.8 Å². The molecule has 3 rings (SSSR count). The molecule has 1 amide bonds. The van der Waals surface area contributed by atoms with Crippen LogP contribution in [0.2, 0.25) is 0 Å². The summed E-state index contributed by atoms with van der Waals surface area (Å²) in [5.41, 5.74) is 4.60. The van der Waals surface area contributed by atoms with Crippen molar-refractivity contribution in [1.29, 1.82) is 0 Å². The van der Waals surface area contributed by atoms with Gasteiger partial charge in [-0.2, -0.15) is 4.98 Å². The number of hydrogen-bond donors (Lipinski definition) is 1. The van der Waals surface area contributed by atoms with Crippen molar-refractivity contribution in [2.45, 2.75) is 38.8 Å². The Labute approximate surface area is 162 Å². The maximum atomic E-state index is 12.5. The summed E-state index contributed by atoms with van der Waals surface area (Å²) in [5, 5.41) is 8.07. The summed E-state index contributed by atoms with van der Waals surface area (Å²) in [4.78, 5) is 21.4. The monoisotopic (exact) mass is 385 g/mol. The minimum atomic E-state index is -0.0683. The highest BCUT2D eigenvalue weighted by Crippen LogP contribution is 2.25. The Morgan fingerprint density at radius 2 is 2.04 bits per heavy atom. The number of fused-ring (bicyclic) bond motifs is 1. The number of amides is 1. The zero-order chi connectivity index (χ0) is 19.6. The first-order valence-electron chi connectivity index (χ1n) is 8.64. The van der Waals surface area contributed by atoms with Gasteiger partial charge in [0, 0.05) is 17.8 Å². The third kappa shape index (κ3) is 4.05. The minimum absolute atomic E-state index is 0.0683. The summed E-state index contributed by atoms with van der Waals surface area (Å²) in [6.07, 6.45) is 2.85. The van der Waals surface area contributed by atoms with Gasteiger partial charge >= 0.3 is 0 Å². The van der Waals surface area contributed by atoms with Gasteiger partial charge in [-0.1, -0.05) is 17.8 Å². The predicted octanol–water partition coefficient (Wildman–Crippen LogP) is 3.35. The number of nitrogens with one attached hydrogen (secondary N) is 1. The van der Waals surface area contributed by atoms with Gasteiger partial charge < -0.3 is 10.1 Å². The topological polar surface area (TPSA) is 81.4 Å². The maximum absolute atomic E-state index is 12.5. The van der Waals surface area contributed by atoms with Crippen molar-refractivity contribution in [2.75, 3.05) is 18.7 Å². The number of thioether (sulfide) groups is 1. The molecule has 0 aliphatic rings. The van der Waals surface area contributed by atoms with Gasteiger partial charge in [0.2, 0.25) is 11.1 Å². The fourth-order valence-electron chi connectivity index (χ4n) is 3.01. The van der Waals surface area contributed by atoms with Crippen LogP contribution < -0.4 is 10.1 Å². The molecular weight excluding hydrogens is 362 g/mol. The lowest BCUT2D eigenvalue weighted by atomic mass is 10.1. The zero-order valence-corrected chi connectivity index (χ0v) is 17.0. The van der Waals surface area contributed by atoms with E-state index in [-0.39, 0.29) is 5.91 Å². The Balaban J connectivity index is 1.76. The van der Waals surface area contributed by atoms with Crippen LogP contribution >= 0.6 is 11.8 Å². The summed E-state index contributed by atoms with van der Waals surface area (Å²) in [6.45, 7) is 5.90. The lowest BCUT2D eigenvalue weighted by Gasteiger charge is -2.12. The van der Waals surface area contributed by atoms with Crippen LogP contribution in [0.4, 0.5) is 5.69 Å². The highest BCUT2D eigenvalue weighted by molar-refractivity contribution is 7.98. The Kier molecular flexibility index (Phi) is 5.65. The van der Waals surface area contributed by atoms with Crippen LogP contribution in [0.15, 0.2) is 23.4 Å². The SMILES string of the molecule is COc1ccc(C)cc1NC(=O)CCc1c(C)nc2nc(SC)nn2c1C. The Morgan fingerprint density at radius 1 is 1.26 bits per heavy atom. The van der Waals surface area contributed by atoms with Gasteiger partial charge in [0.15, 0.2) is 0 Å². The fraction of sp³-hybridized carbons (Fsp3) is 0.368. The molecule has 0 aliphatic carbocycles. The number of aromatic nitrogens is 4. The number of methoxy groups -OCH3 is 1. The molecule has 0 fully saturated rings. The van der Waals surface area contributed by atoms with E-state index in [0.717, 1.165) is 22.5 Å². The lowest BCUT2D eigenvalue weighted by molar-refractivity contribution is -0.116. The summed E-state index contributed by atoms with van der Waals surface area (Å²) in [6, 6.07) is 5.70. The highest BCUT2D eigenvalue weighted by Gasteiger charge is 2.15. The smallest absolute Gasteiger partial charge is 0.253 e. The van der Waals surface area contributed by atoms with E-state index in [4.69, 9.17) is 4.74 Å². The van der Waals surface area contributed by atoms with Crippen molar-refractivity contribution in [3.63, 3.8) is 0 Å². The number of benzene rings is 1. The first-order chi connectivity index (χ1) is 12.9. The van der Waals surface area contributed by atoms with Crippen LogP contribution in [-0.2, 0) is 11.2 Å². The first-order valence-corrected chi connectivity index (χ1v) is 9.86. The highest BCUT2D eigenvalue weighted by atomic mass is 32.2. The van der Waals surface area contributed by atoms with Crippen LogP contribution in [0.25, 0.3) is 5.78 Å². The second-order valence-electron chi connectivity index (χ2n) is 6.32. The van der Waals surface area contributed by atoms with Crippen molar-refractivity contribution >= 4 is 29.1 Å². The molecule has 0 bridgehead atoms. The number of nitrogens with zero attached hydrogens (tertiary/aromatic N) is 4. The summed E-state index contributed by atoms with van der Waals surface area (Å²) < 4.78 is 7.06. The largest absolute Gasteiger partial charge is 0.495 e. The van der Waals surface area contributed by atoms with Crippen molar-refractivity contribution < 1.29 is 9.53 Å². The molecule has 142 valence electrons. The van der Waals surface area contributed by atoms with Gasteiger partial charge in [0.25, 0.3) is 5.78 Å². The van der Waals surface area contributed by atoms with E-state index < -0.39 is 0 Å². The third-order valence-electron chi connectivity index (χ3n) is 4.44. The van der Waals surface area contributed by atoms with Crippen LogP contribution in [0.1, 0.15) is 28.9 Å². The minimum Gasteiger partial charge on any atom is -0.495 e. The van der Waals surface area contributed by atoms with Gasteiger partial charge in [0.1, 0.15) is 5.75 Å². The quantitative estimate of drug-likeness (QED) is 0.656. The van der Waals surface area contributed by atoms with Crippen molar-refractivity contribution in [3.8, 4) is 5.75 Å². The zero-order valence-electron chi connectivity index (χ0n) is 16.2. The molecule has 7 nitrogen and oxygen atoms in total. The van der Waals surface area contributed by atoms with Crippen molar-refractivity contribution in [3.05, 3.63) is 40.7 Å². The molecule has 0 saturated heterocycles. The number of carbonyl (C=O) groups is 1. The molecule has 0 unspecified atom stereocenters. The molecule has 27 heavy (non-hydrogen) atoms. The number of rotatable bonds is 6. The average Bonchev–Trinajstić information content (AvgIpc) is 3.05. The molecule has 2 aromatic heterocycles. The molecule has 0 atom stereocenters. The Bertz CT molecular complexity index is 999. The molecule has 0 spiro atoms. The van der Waals surface area contributed by atoms with E-state index in [1.54, 1.807) is 11.6 Å². The molecule has 0 radical (unpaired) electrons. The predicted molar refractivity (Wildman–Crippen MR) is 107 cm³/mol. The number of carbonyl (C=O) groups excluding carboxylic acids is 1. The van der Waals surface area contributed by atoms with E-state index >= 15 is 0 Å². The molecule has 0 saturated carbocycles. The number of ether oxygens (including phenoxy) is 1. The molecule has 0 aliphatic heterocycles. The molecule has 1 aromatic carbocycles. The average molecular weight is 385 g/mol. The second-order valence-corrected chi connectivity index (χ2v) is 7.10. The van der Waals surface area contributed by atoms with E-state index in [0.29, 0.717) is 35.2 Å². The van der Waals surface area contributed by atoms with E-state index in [9.17, 15) is 4.79 Å². The fourth-order valence-corrected chi connectivity index (χ4v) is 3.35. The number of hydrogen-bond acceptors (Lipinski definition) is 6. The molecule has 8 heteroatoms. The Hall–Kier alpha value is -2.61. The maximum Gasteiger partial charge on any atom is 0.253 e. The summed E-state index contributed by atoms with van der Waals surface area (Å²) in [7, 11) is 1.59. The van der Waals surface area contributed by atoms with Gasteiger partial charge in [0.05, 0.1) is 12.8 Å². The number of aryl methyl sites for hydroxylation is 3. The van der Waals surface area contributed by atoms with E-state index in [1.807, 2.05) is 45.2 Å². The molecular formula is C19H23N5O2S. The summed E-state index contributed by atoms with van der Waals surface area (Å²) >= 11 is 1.48. The van der Waals surface area contributed by atoms with E-state index in [2.05, 4.69) is 20.4 Å². The first kappa shape index (κ1) is 19.2. The second kappa shape index (κ2) is 7.96. The number of anilines is 1. The third-order valence-corrected chi connectivity index (χ3v) is 4.98. The van der Waals surface area contributed by atoms with Crippen LogP contribution in [0.3, 0.4) is 0 Å². The van der Waals surface area contributed by atoms with Crippen LogP contribution in [0, 0.1) is 20.8 Å². The normalized spacial score (nSPS) is 11.0. The Morgan fingerprint density at radius 3 is 2.74 bits per heavy atom. The van der Waals surface area contributed by atoms with Crippen molar-refractivity contribution in [1.82, 2.24) is 19.6 Å². The van der Waals surface area contributed by atoms with Gasteiger partial charge in [-0.05, 0) is 56.7 Å². The molecule has 1 N–H and O–H groups in total. The van der Waals surface area contributed by atoms with Crippen molar-refractivity contribution in [2.24, 2.45) is 0 Å².